The fourth-order valence-electron chi connectivity index (χ4n) is 3.03. The molecule has 1 aliphatic rings. The quantitative estimate of drug-likeness (QED) is 0.638. The van der Waals surface area contributed by atoms with Gasteiger partial charge in [0.05, 0.1) is 5.56 Å². The zero-order valence-corrected chi connectivity index (χ0v) is 17.1. The number of nitrogens with zero attached hydrogens (tertiary/aromatic N) is 3. The van der Waals surface area contributed by atoms with Crippen LogP contribution in [0.15, 0.2) is 24.5 Å². The number of ether oxygens (including phenoxy) is 3. The molecule has 166 valence electrons. The third kappa shape index (κ3) is 5.57. The maximum absolute atomic E-state index is 14.5. The lowest BCUT2D eigenvalue weighted by molar-refractivity contribution is 0.0859. The molecule has 10 nitrogen and oxygen atoms in total. The van der Waals surface area contributed by atoms with E-state index in [1.165, 1.54) is 30.5 Å². The Bertz CT molecular complexity index is 949. The monoisotopic (exact) mass is 434 g/mol. The van der Waals surface area contributed by atoms with Crippen LogP contribution in [0, 0.1) is 12.7 Å². The van der Waals surface area contributed by atoms with Crippen LogP contribution >= 0.6 is 0 Å². The summed E-state index contributed by atoms with van der Waals surface area (Å²) in [6.07, 6.45) is 1.17. The van der Waals surface area contributed by atoms with Crippen LogP contribution in [0.1, 0.15) is 28.8 Å². The van der Waals surface area contributed by atoms with Gasteiger partial charge in [-0.3, -0.25) is 4.79 Å². The number of nitrogens with one attached hydrogen (secondary N) is 1. The van der Waals surface area contributed by atoms with Gasteiger partial charge in [-0.05, 0) is 25.1 Å². The first-order valence-electron chi connectivity index (χ1n) is 9.59. The summed E-state index contributed by atoms with van der Waals surface area (Å²) in [7, 11) is 1.43. The number of halogens is 1. The number of piperidine rings is 1. The number of amides is 2. The standard InChI is InChI=1S/C20H23FN4O6/c1-12-18(30-14-5-7-25(8-6-14)20(27)28)22-10-23-19(12)31-16-4-3-13(9-15(16)21)17(26)24-11-29-2/h3-4,9-10,14H,5-8,11H2,1-2H3,(H,24,26)(H,27,28). The van der Waals surface area contributed by atoms with Gasteiger partial charge in [-0.25, -0.2) is 19.2 Å². The second-order valence-electron chi connectivity index (χ2n) is 6.88. The van der Waals surface area contributed by atoms with Crippen molar-refractivity contribution in [1.29, 1.82) is 0 Å². The van der Waals surface area contributed by atoms with Crippen molar-refractivity contribution < 1.29 is 33.3 Å². The second-order valence-corrected chi connectivity index (χ2v) is 6.88. The molecule has 0 spiro atoms. The Hall–Kier alpha value is -3.47. The zero-order valence-electron chi connectivity index (χ0n) is 17.1. The molecule has 2 aromatic rings. The Kier molecular flexibility index (Phi) is 7.19. The van der Waals surface area contributed by atoms with Crippen LogP contribution in [0.3, 0.4) is 0 Å². The number of hydrogen-bond acceptors (Lipinski definition) is 7. The highest BCUT2D eigenvalue weighted by atomic mass is 19.1. The summed E-state index contributed by atoms with van der Waals surface area (Å²) in [5.74, 6) is -0.911. The molecule has 2 amide bonds. The molecule has 3 rings (SSSR count). The largest absolute Gasteiger partial charge is 0.474 e. The smallest absolute Gasteiger partial charge is 0.407 e. The minimum absolute atomic E-state index is 0.0109. The molecule has 1 fully saturated rings. The Morgan fingerprint density at radius 2 is 1.97 bits per heavy atom. The number of carbonyl (C=O) groups excluding carboxylic acids is 1. The van der Waals surface area contributed by atoms with Gasteiger partial charge in [0, 0.05) is 38.6 Å². The van der Waals surface area contributed by atoms with E-state index in [0.29, 0.717) is 31.5 Å². The summed E-state index contributed by atoms with van der Waals surface area (Å²) < 4.78 is 30.7. The molecule has 0 saturated carbocycles. The molecule has 0 aliphatic carbocycles. The van der Waals surface area contributed by atoms with Crippen molar-refractivity contribution in [1.82, 2.24) is 20.2 Å². The molecular formula is C20H23FN4O6. The van der Waals surface area contributed by atoms with Gasteiger partial charge in [0.15, 0.2) is 11.6 Å². The van der Waals surface area contributed by atoms with E-state index >= 15 is 0 Å². The van der Waals surface area contributed by atoms with Crippen molar-refractivity contribution >= 4 is 12.0 Å². The van der Waals surface area contributed by atoms with Gasteiger partial charge in [-0.15, -0.1) is 0 Å². The number of hydrogen-bond donors (Lipinski definition) is 2. The lowest BCUT2D eigenvalue weighted by Gasteiger charge is -2.30. The first kappa shape index (κ1) is 22.2. The molecule has 0 bridgehead atoms. The molecule has 1 aromatic carbocycles. The number of benzene rings is 1. The molecule has 11 heteroatoms. The third-order valence-electron chi connectivity index (χ3n) is 4.76. The van der Waals surface area contributed by atoms with Crippen molar-refractivity contribution in [3.63, 3.8) is 0 Å². The molecule has 2 heterocycles. The number of carboxylic acid groups (broad SMARTS) is 1. The lowest BCUT2D eigenvalue weighted by atomic mass is 10.1. The van der Waals surface area contributed by atoms with Crippen molar-refractivity contribution in [2.45, 2.75) is 25.9 Å². The van der Waals surface area contributed by atoms with Gasteiger partial charge in [0.1, 0.15) is 19.2 Å². The maximum atomic E-state index is 14.5. The number of methoxy groups -OCH3 is 1. The highest BCUT2D eigenvalue weighted by Crippen LogP contribution is 2.30. The van der Waals surface area contributed by atoms with Crippen molar-refractivity contribution in [2.75, 3.05) is 26.9 Å². The summed E-state index contributed by atoms with van der Waals surface area (Å²) in [6, 6.07) is 3.82. The van der Waals surface area contributed by atoms with Crippen LogP contribution in [0.25, 0.3) is 0 Å². The molecule has 0 radical (unpaired) electrons. The predicted molar refractivity (Wildman–Crippen MR) is 106 cm³/mol. The van der Waals surface area contributed by atoms with Crippen LogP contribution in [0.4, 0.5) is 9.18 Å². The van der Waals surface area contributed by atoms with Gasteiger partial charge < -0.3 is 29.5 Å². The SMILES string of the molecule is COCNC(=O)c1ccc(Oc2ncnc(OC3CCN(C(=O)O)CC3)c2C)c(F)c1. The Balaban J connectivity index is 1.68. The van der Waals surface area contributed by atoms with Crippen molar-refractivity contribution in [3.05, 3.63) is 41.5 Å². The summed E-state index contributed by atoms with van der Waals surface area (Å²) >= 11 is 0. The highest BCUT2D eigenvalue weighted by Gasteiger charge is 2.25. The highest BCUT2D eigenvalue weighted by molar-refractivity contribution is 5.94. The van der Waals surface area contributed by atoms with E-state index in [0.717, 1.165) is 6.07 Å². The van der Waals surface area contributed by atoms with E-state index in [1.54, 1.807) is 6.92 Å². The van der Waals surface area contributed by atoms with Crippen LogP contribution < -0.4 is 14.8 Å². The second kappa shape index (κ2) is 10.0. The van der Waals surface area contributed by atoms with Crippen LogP contribution in [-0.4, -0.2) is 65.0 Å². The Morgan fingerprint density at radius 3 is 2.61 bits per heavy atom. The Morgan fingerprint density at radius 1 is 1.26 bits per heavy atom. The number of rotatable bonds is 7. The Labute approximate surface area is 178 Å². The van der Waals surface area contributed by atoms with Crippen LogP contribution in [0.5, 0.6) is 17.5 Å². The van der Waals surface area contributed by atoms with E-state index in [2.05, 4.69) is 15.3 Å². The van der Waals surface area contributed by atoms with E-state index in [-0.39, 0.29) is 35.9 Å². The first-order chi connectivity index (χ1) is 14.9. The normalized spacial score (nSPS) is 14.2. The predicted octanol–water partition coefficient (Wildman–Crippen LogP) is 2.57. The topological polar surface area (TPSA) is 123 Å². The molecule has 0 atom stereocenters. The molecular weight excluding hydrogens is 411 g/mol. The summed E-state index contributed by atoms with van der Waals surface area (Å²) in [4.78, 5) is 32.4. The van der Waals surface area contributed by atoms with Crippen molar-refractivity contribution in [3.8, 4) is 17.5 Å². The molecule has 1 aromatic heterocycles. The minimum Gasteiger partial charge on any atom is -0.474 e. The van der Waals surface area contributed by atoms with E-state index < -0.39 is 17.8 Å². The molecule has 0 unspecified atom stereocenters. The lowest BCUT2D eigenvalue weighted by Crippen LogP contribution is -2.41. The van der Waals surface area contributed by atoms with Gasteiger partial charge >= 0.3 is 6.09 Å². The van der Waals surface area contributed by atoms with Crippen LogP contribution in [0.2, 0.25) is 0 Å². The van der Waals surface area contributed by atoms with E-state index in [4.69, 9.17) is 19.3 Å². The van der Waals surface area contributed by atoms with Gasteiger partial charge in [-0.2, -0.15) is 0 Å². The van der Waals surface area contributed by atoms with Crippen molar-refractivity contribution in [2.24, 2.45) is 0 Å². The molecule has 1 aliphatic heterocycles. The maximum Gasteiger partial charge on any atom is 0.407 e. The molecule has 1 saturated heterocycles. The van der Waals surface area contributed by atoms with Gasteiger partial charge in [0.2, 0.25) is 11.8 Å². The number of likely N-dealkylation sites (tertiary alicyclic amines) is 1. The number of aromatic nitrogens is 2. The minimum atomic E-state index is -0.948. The fourth-order valence-corrected chi connectivity index (χ4v) is 3.03. The summed E-state index contributed by atoms with van der Waals surface area (Å²) in [5.41, 5.74) is 0.600. The summed E-state index contributed by atoms with van der Waals surface area (Å²) in [6.45, 7) is 2.45. The van der Waals surface area contributed by atoms with E-state index in [1.807, 2.05) is 0 Å². The fraction of sp³-hybridized carbons (Fsp3) is 0.400. The first-order valence-corrected chi connectivity index (χ1v) is 9.59. The zero-order chi connectivity index (χ0) is 22.4. The average molecular weight is 434 g/mol. The number of carbonyl (C=O) groups is 2. The van der Waals surface area contributed by atoms with Gasteiger partial charge in [-0.1, -0.05) is 0 Å². The average Bonchev–Trinajstić information content (AvgIpc) is 2.76. The van der Waals surface area contributed by atoms with Crippen LogP contribution in [-0.2, 0) is 4.74 Å². The van der Waals surface area contributed by atoms with Gasteiger partial charge in [0.25, 0.3) is 5.91 Å². The third-order valence-corrected chi connectivity index (χ3v) is 4.76. The van der Waals surface area contributed by atoms with E-state index in [9.17, 15) is 14.0 Å². The molecule has 31 heavy (non-hydrogen) atoms. The molecule has 2 N–H and O–H groups in total. The summed E-state index contributed by atoms with van der Waals surface area (Å²) in [5, 5.41) is 11.5.